The van der Waals surface area contributed by atoms with E-state index in [9.17, 15) is 21.6 Å². The number of ether oxygens (including phenoxy) is 1. The Morgan fingerprint density at radius 1 is 1.00 bits per heavy atom. The molecule has 0 fully saturated rings. The van der Waals surface area contributed by atoms with Crippen LogP contribution < -0.4 is 9.46 Å². The van der Waals surface area contributed by atoms with Crippen LogP contribution >= 0.6 is 0 Å². The minimum atomic E-state index is -4.76. The molecule has 0 radical (unpaired) electrons. The molecule has 0 unspecified atom stereocenters. The van der Waals surface area contributed by atoms with Gasteiger partial charge >= 0.3 is 6.36 Å². The van der Waals surface area contributed by atoms with E-state index in [1.54, 1.807) is 12.1 Å². The van der Waals surface area contributed by atoms with Crippen LogP contribution in [-0.4, -0.2) is 14.8 Å². The second kappa shape index (κ2) is 6.59. The summed E-state index contributed by atoms with van der Waals surface area (Å²) < 4.78 is 66.5. The monoisotopic (exact) mass is 345 g/mol. The van der Waals surface area contributed by atoms with Crippen molar-refractivity contribution in [1.29, 1.82) is 0 Å². The third-order valence-corrected chi connectivity index (χ3v) is 4.37. The van der Waals surface area contributed by atoms with Crippen LogP contribution in [0.5, 0.6) is 5.75 Å². The summed E-state index contributed by atoms with van der Waals surface area (Å²) in [5.41, 5.74) is 1.44. The van der Waals surface area contributed by atoms with E-state index in [1.807, 2.05) is 6.92 Å². The van der Waals surface area contributed by atoms with Crippen molar-refractivity contribution in [3.8, 4) is 5.75 Å². The summed E-state index contributed by atoms with van der Waals surface area (Å²) in [6.07, 6.45) is -4.76. The third-order valence-electron chi connectivity index (χ3n) is 2.95. The molecule has 0 aliphatic carbocycles. The highest BCUT2D eigenvalue weighted by Crippen LogP contribution is 2.22. The van der Waals surface area contributed by atoms with Crippen molar-refractivity contribution in [3.05, 3.63) is 59.7 Å². The van der Waals surface area contributed by atoms with Crippen LogP contribution in [0, 0.1) is 6.92 Å². The Labute approximate surface area is 132 Å². The van der Waals surface area contributed by atoms with E-state index >= 15 is 0 Å². The van der Waals surface area contributed by atoms with Gasteiger partial charge in [-0.25, -0.2) is 13.1 Å². The summed E-state index contributed by atoms with van der Waals surface area (Å²) in [7, 11) is -3.68. The number of nitrogens with one attached hydrogen (secondary N) is 1. The van der Waals surface area contributed by atoms with E-state index < -0.39 is 16.4 Å². The first-order chi connectivity index (χ1) is 10.7. The Bertz CT molecular complexity index is 754. The predicted molar refractivity (Wildman–Crippen MR) is 78.3 cm³/mol. The van der Waals surface area contributed by atoms with Gasteiger partial charge in [-0.1, -0.05) is 29.8 Å². The maximum atomic E-state index is 12.1. The number of hydrogen-bond donors (Lipinski definition) is 1. The van der Waals surface area contributed by atoms with Gasteiger partial charge in [-0.2, -0.15) is 0 Å². The highest BCUT2D eigenvalue weighted by molar-refractivity contribution is 7.89. The molecule has 2 rings (SSSR count). The van der Waals surface area contributed by atoms with Crippen LogP contribution in [0.3, 0.4) is 0 Å². The fourth-order valence-corrected chi connectivity index (χ4v) is 2.81. The molecule has 0 spiro atoms. The SMILES string of the molecule is Cc1ccc(S(=O)(=O)NCc2ccc(OC(F)(F)F)cc2)cc1. The molecule has 1 N–H and O–H groups in total. The smallest absolute Gasteiger partial charge is 0.406 e. The molecule has 23 heavy (non-hydrogen) atoms. The fourth-order valence-electron chi connectivity index (χ4n) is 1.79. The van der Waals surface area contributed by atoms with Crippen molar-refractivity contribution in [1.82, 2.24) is 4.72 Å². The average molecular weight is 345 g/mol. The normalized spacial score (nSPS) is 12.2. The van der Waals surface area contributed by atoms with Gasteiger partial charge in [-0.3, -0.25) is 0 Å². The van der Waals surface area contributed by atoms with E-state index in [0.717, 1.165) is 17.7 Å². The molecule has 0 amide bonds. The Morgan fingerprint density at radius 2 is 1.57 bits per heavy atom. The maximum Gasteiger partial charge on any atom is 0.573 e. The molecule has 0 aliphatic heterocycles. The molecule has 8 heteroatoms. The van der Waals surface area contributed by atoms with Gasteiger partial charge in [0.1, 0.15) is 5.75 Å². The van der Waals surface area contributed by atoms with E-state index in [-0.39, 0.29) is 17.2 Å². The first-order valence-corrected chi connectivity index (χ1v) is 8.05. The van der Waals surface area contributed by atoms with Crippen molar-refractivity contribution in [2.24, 2.45) is 0 Å². The highest BCUT2D eigenvalue weighted by Gasteiger charge is 2.30. The number of sulfonamides is 1. The van der Waals surface area contributed by atoms with Gasteiger partial charge in [0.2, 0.25) is 10.0 Å². The summed E-state index contributed by atoms with van der Waals surface area (Å²) in [5.74, 6) is -0.359. The van der Waals surface area contributed by atoms with Crippen LogP contribution in [0.2, 0.25) is 0 Å². The molecule has 2 aromatic rings. The zero-order chi connectivity index (χ0) is 17.1. The Balaban J connectivity index is 2.01. The van der Waals surface area contributed by atoms with Crippen LogP contribution in [0.4, 0.5) is 13.2 Å². The maximum absolute atomic E-state index is 12.1. The lowest BCUT2D eigenvalue weighted by atomic mass is 10.2. The van der Waals surface area contributed by atoms with Gasteiger partial charge in [0.05, 0.1) is 4.90 Å². The van der Waals surface area contributed by atoms with Crippen LogP contribution in [0.25, 0.3) is 0 Å². The van der Waals surface area contributed by atoms with Gasteiger partial charge < -0.3 is 4.74 Å². The molecule has 2 aromatic carbocycles. The van der Waals surface area contributed by atoms with E-state index in [2.05, 4.69) is 9.46 Å². The van der Waals surface area contributed by atoms with Crippen molar-refractivity contribution < 1.29 is 26.3 Å². The molecule has 0 aliphatic rings. The van der Waals surface area contributed by atoms with Gasteiger partial charge in [-0.15, -0.1) is 13.2 Å². The fraction of sp³-hybridized carbons (Fsp3) is 0.200. The second-order valence-corrected chi connectivity index (χ2v) is 6.60. The number of aryl methyl sites for hydroxylation is 1. The van der Waals surface area contributed by atoms with Crippen molar-refractivity contribution in [2.45, 2.75) is 24.7 Å². The summed E-state index contributed by atoms with van der Waals surface area (Å²) in [4.78, 5) is 0.125. The molecule has 0 saturated heterocycles. The Morgan fingerprint density at radius 3 is 2.09 bits per heavy atom. The topological polar surface area (TPSA) is 55.4 Å². The lowest BCUT2D eigenvalue weighted by Gasteiger charge is -2.10. The second-order valence-electron chi connectivity index (χ2n) is 4.83. The third kappa shape index (κ3) is 5.26. The zero-order valence-corrected chi connectivity index (χ0v) is 12.9. The lowest BCUT2D eigenvalue weighted by Crippen LogP contribution is -2.23. The highest BCUT2D eigenvalue weighted by atomic mass is 32.2. The quantitative estimate of drug-likeness (QED) is 0.904. The summed E-state index contributed by atoms with van der Waals surface area (Å²) in [5, 5.41) is 0. The van der Waals surface area contributed by atoms with E-state index in [0.29, 0.717) is 5.56 Å². The molecule has 0 aromatic heterocycles. The van der Waals surface area contributed by atoms with E-state index in [4.69, 9.17) is 0 Å². The van der Waals surface area contributed by atoms with E-state index in [1.165, 1.54) is 24.3 Å². The van der Waals surface area contributed by atoms with Gasteiger partial charge in [0, 0.05) is 6.54 Å². The zero-order valence-electron chi connectivity index (χ0n) is 12.1. The lowest BCUT2D eigenvalue weighted by molar-refractivity contribution is -0.274. The standard InChI is InChI=1S/C15H14F3NO3S/c1-11-2-8-14(9-3-11)23(20,21)19-10-12-4-6-13(7-5-12)22-15(16,17)18/h2-9,19H,10H2,1H3. The number of benzene rings is 2. The summed E-state index contributed by atoms with van der Waals surface area (Å²) in [6, 6.07) is 11.3. The molecule has 4 nitrogen and oxygen atoms in total. The van der Waals surface area contributed by atoms with Crippen molar-refractivity contribution in [3.63, 3.8) is 0 Å². The molecule has 0 bridgehead atoms. The number of halogens is 3. The molecule has 0 saturated carbocycles. The minimum Gasteiger partial charge on any atom is -0.406 e. The first kappa shape index (κ1) is 17.3. The number of rotatable bonds is 5. The van der Waals surface area contributed by atoms with Crippen LogP contribution in [0.15, 0.2) is 53.4 Å². The van der Waals surface area contributed by atoms with Crippen molar-refractivity contribution >= 4 is 10.0 Å². The van der Waals surface area contributed by atoms with Crippen molar-refractivity contribution in [2.75, 3.05) is 0 Å². The summed E-state index contributed by atoms with van der Waals surface area (Å²) >= 11 is 0. The molecule has 0 heterocycles. The molecular formula is C15H14F3NO3S. The van der Waals surface area contributed by atoms with Crippen LogP contribution in [-0.2, 0) is 16.6 Å². The van der Waals surface area contributed by atoms with Crippen LogP contribution in [0.1, 0.15) is 11.1 Å². The van der Waals surface area contributed by atoms with Gasteiger partial charge in [0.25, 0.3) is 0 Å². The number of hydrogen-bond acceptors (Lipinski definition) is 3. The molecule has 0 atom stereocenters. The molecular weight excluding hydrogens is 331 g/mol. The van der Waals surface area contributed by atoms with Gasteiger partial charge in [0.15, 0.2) is 0 Å². The Hall–Kier alpha value is -2.06. The van der Waals surface area contributed by atoms with Gasteiger partial charge in [-0.05, 0) is 36.8 Å². The average Bonchev–Trinajstić information content (AvgIpc) is 2.45. The predicted octanol–water partition coefficient (Wildman–Crippen LogP) is 3.37. The summed E-state index contributed by atoms with van der Waals surface area (Å²) in [6.45, 7) is 1.80. The number of alkyl halides is 3. The molecule has 124 valence electrons. The largest absolute Gasteiger partial charge is 0.573 e. The first-order valence-electron chi connectivity index (χ1n) is 6.57. The Kier molecular flexibility index (Phi) is 4.96. The minimum absolute atomic E-state index is 0.0392.